The predicted molar refractivity (Wildman–Crippen MR) is 56.5 cm³/mol. The van der Waals surface area contributed by atoms with Gasteiger partial charge in [-0.15, -0.1) is 0 Å². The summed E-state index contributed by atoms with van der Waals surface area (Å²) in [6.07, 6.45) is 3.79. The Bertz CT molecular complexity index is 241. The average molecular weight is 179 g/mol. The maximum Gasteiger partial charge on any atom is 0.0832 e. The average Bonchev–Trinajstić information content (AvgIpc) is 2.06. The fraction of sp³-hybridized carbons (Fsp3) is 0.500. The van der Waals surface area contributed by atoms with Crippen molar-refractivity contribution < 1.29 is 0 Å². The van der Waals surface area contributed by atoms with E-state index in [1.165, 1.54) is 5.19 Å². The van der Waals surface area contributed by atoms with Crippen molar-refractivity contribution in [1.29, 1.82) is 0 Å². The molecular weight excluding hydrogens is 162 g/mol. The molecule has 0 radical (unpaired) electrons. The van der Waals surface area contributed by atoms with E-state index >= 15 is 0 Å². The van der Waals surface area contributed by atoms with Crippen LogP contribution in [0.25, 0.3) is 0 Å². The Balaban J connectivity index is 2.98. The van der Waals surface area contributed by atoms with Crippen LogP contribution in [0.3, 0.4) is 0 Å². The molecule has 0 bridgehead atoms. The van der Waals surface area contributed by atoms with Crippen LogP contribution < -0.4 is 5.19 Å². The molecular formula is C10H17NSi. The van der Waals surface area contributed by atoms with Crippen LogP contribution in [0.1, 0.15) is 13.8 Å². The lowest BCUT2D eigenvalue weighted by Gasteiger charge is -2.27. The minimum atomic E-state index is -1.20. The summed E-state index contributed by atoms with van der Waals surface area (Å²) in [5.74, 6) is 0. The third kappa shape index (κ3) is 1.75. The molecule has 1 rings (SSSR count). The van der Waals surface area contributed by atoms with Crippen LogP contribution in [-0.2, 0) is 0 Å². The van der Waals surface area contributed by atoms with Crippen LogP contribution in [-0.4, -0.2) is 13.1 Å². The molecule has 66 valence electrons. The zero-order valence-electron chi connectivity index (χ0n) is 8.33. The van der Waals surface area contributed by atoms with E-state index in [2.05, 4.69) is 44.1 Å². The van der Waals surface area contributed by atoms with Crippen LogP contribution >= 0.6 is 0 Å². The molecule has 0 saturated carbocycles. The monoisotopic (exact) mass is 179 g/mol. The molecule has 0 saturated heterocycles. The van der Waals surface area contributed by atoms with Gasteiger partial charge in [0.15, 0.2) is 0 Å². The minimum absolute atomic E-state index is 0.792. The van der Waals surface area contributed by atoms with Crippen LogP contribution in [0.15, 0.2) is 24.5 Å². The second-order valence-corrected chi connectivity index (χ2v) is 9.29. The highest BCUT2D eigenvalue weighted by Gasteiger charge is 2.26. The third-order valence-electron chi connectivity index (χ3n) is 2.87. The van der Waals surface area contributed by atoms with E-state index in [1.54, 1.807) is 0 Å². The molecule has 0 atom stereocenters. The lowest BCUT2D eigenvalue weighted by Crippen LogP contribution is -2.44. The van der Waals surface area contributed by atoms with E-state index in [4.69, 9.17) is 0 Å². The van der Waals surface area contributed by atoms with E-state index in [0.717, 1.165) is 5.54 Å². The highest BCUT2D eigenvalue weighted by molar-refractivity contribution is 6.90. The van der Waals surface area contributed by atoms with E-state index in [0.29, 0.717) is 0 Å². The molecule has 1 heterocycles. The predicted octanol–water partition coefficient (Wildman–Crippen LogP) is 2.41. The van der Waals surface area contributed by atoms with Gasteiger partial charge < -0.3 is 0 Å². The normalized spacial score (nSPS) is 12.1. The van der Waals surface area contributed by atoms with Gasteiger partial charge in [0.05, 0.1) is 8.07 Å². The van der Waals surface area contributed by atoms with E-state index < -0.39 is 8.07 Å². The molecule has 2 heteroatoms. The number of nitrogens with zero attached hydrogens (tertiary/aromatic N) is 1. The third-order valence-corrected chi connectivity index (χ3v) is 7.58. The van der Waals surface area contributed by atoms with Gasteiger partial charge in [-0.3, -0.25) is 4.98 Å². The van der Waals surface area contributed by atoms with Gasteiger partial charge >= 0.3 is 0 Å². The summed E-state index contributed by atoms with van der Waals surface area (Å²) in [5.41, 5.74) is 0.792. The molecule has 0 unspecified atom stereocenters. The number of hydrogen-bond acceptors (Lipinski definition) is 1. The Morgan fingerprint density at radius 3 is 2.08 bits per heavy atom. The van der Waals surface area contributed by atoms with Gasteiger partial charge in [0.1, 0.15) is 0 Å². The second kappa shape index (κ2) is 3.40. The maximum atomic E-state index is 4.04. The smallest absolute Gasteiger partial charge is 0.0832 e. The van der Waals surface area contributed by atoms with Gasteiger partial charge in [-0.05, 0) is 17.7 Å². The number of rotatable bonds is 2. The van der Waals surface area contributed by atoms with Gasteiger partial charge in [0, 0.05) is 12.4 Å². The molecule has 0 amide bonds. The Morgan fingerprint density at radius 1 is 1.17 bits per heavy atom. The first-order valence-corrected chi connectivity index (χ1v) is 7.53. The fourth-order valence-electron chi connectivity index (χ4n) is 1.11. The number of hydrogen-bond donors (Lipinski definition) is 0. The highest BCUT2D eigenvalue weighted by Crippen LogP contribution is 2.19. The zero-order chi connectivity index (χ0) is 9.19. The topological polar surface area (TPSA) is 12.9 Å². The largest absolute Gasteiger partial charge is 0.265 e. The van der Waals surface area contributed by atoms with Crippen LogP contribution in [0, 0.1) is 0 Å². The highest BCUT2D eigenvalue weighted by atomic mass is 28.3. The maximum absolute atomic E-state index is 4.04. The van der Waals surface area contributed by atoms with Crippen molar-refractivity contribution in [3.63, 3.8) is 0 Å². The molecule has 12 heavy (non-hydrogen) atoms. The summed E-state index contributed by atoms with van der Waals surface area (Å²) in [5, 5.41) is 1.51. The first kappa shape index (κ1) is 9.45. The molecule has 0 aliphatic carbocycles. The van der Waals surface area contributed by atoms with Crippen molar-refractivity contribution in [2.24, 2.45) is 0 Å². The standard InChI is InChI=1S/C10H17NSi/c1-9(2)12(3,4)10-5-7-11-8-6-10/h5-9H,1-4H3. The van der Waals surface area contributed by atoms with Gasteiger partial charge in [0.2, 0.25) is 0 Å². The molecule has 0 fully saturated rings. The summed E-state index contributed by atoms with van der Waals surface area (Å²) >= 11 is 0. The summed E-state index contributed by atoms with van der Waals surface area (Å²) in [6.45, 7) is 9.44. The molecule has 1 aromatic rings. The molecule has 0 aliphatic heterocycles. The van der Waals surface area contributed by atoms with Crippen molar-refractivity contribution in [1.82, 2.24) is 4.98 Å². The van der Waals surface area contributed by atoms with Crippen molar-refractivity contribution in [2.75, 3.05) is 0 Å². The number of aromatic nitrogens is 1. The van der Waals surface area contributed by atoms with Crippen molar-refractivity contribution >= 4 is 13.3 Å². The van der Waals surface area contributed by atoms with Crippen LogP contribution in [0.2, 0.25) is 18.6 Å². The van der Waals surface area contributed by atoms with Crippen LogP contribution in [0.5, 0.6) is 0 Å². The van der Waals surface area contributed by atoms with Crippen molar-refractivity contribution in [3.8, 4) is 0 Å². The van der Waals surface area contributed by atoms with E-state index in [9.17, 15) is 0 Å². The summed E-state index contributed by atoms with van der Waals surface area (Å²) in [4.78, 5) is 4.04. The Morgan fingerprint density at radius 2 is 1.67 bits per heavy atom. The lowest BCUT2D eigenvalue weighted by atomic mass is 10.5. The zero-order valence-corrected chi connectivity index (χ0v) is 9.33. The van der Waals surface area contributed by atoms with Crippen molar-refractivity contribution in [2.45, 2.75) is 32.5 Å². The first-order valence-electron chi connectivity index (χ1n) is 4.45. The SMILES string of the molecule is CC(C)[Si](C)(C)c1ccncc1. The second-order valence-electron chi connectivity index (χ2n) is 4.11. The quantitative estimate of drug-likeness (QED) is 0.635. The van der Waals surface area contributed by atoms with E-state index in [1.807, 2.05) is 12.4 Å². The minimum Gasteiger partial charge on any atom is -0.265 e. The first-order chi connectivity index (χ1) is 5.55. The van der Waals surface area contributed by atoms with Gasteiger partial charge in [0.25, 0.3) is 0 Å². The molecule has 0 N–H and O–H groups in total. The molecule has 0 aromatic carbocycles. The van der Waals surface area contributed by atoms with Gasteiger partial charge in [-0.1, -0.05) is 32.1 Å². The van der Waals surface area contributed by atoms with Gasteiger partial charge in [-0.2, -0.15) is 0 Å². The Kier molecular flexibility index (Phi) is 2.68. The molecule has 1 aromatic heterocycles. The van der Waals surface area contributed by atoms with E-state index in [-0.39, 0.29) is 0 Å². The molecule has 1 nitrogen and oxygen atoms in total. The summed E-state index contributed by atoms with van der Waals surface area (Å²) in [6, 6.07) is 4.32. The summed E-state index contributed by atoms with van der Waals surface area (Å²) < 4.78 is 0. The molecule has 0 spiro atoms. The Labute approximate surface area is 75.9 Å². The van der Waals surface area contributed by atoms with Crippen LogP contribution in [0.4, 0.5) is 0 Å². The summed E-state index contributed by atoms with van der Waals surface area (Å²) in [7, 11) is -1.20. The fourth-order valence-corrected chi connectivity index (χ4v) is 2.79. The number of pyridine rings is 1. The molecule has 0 aliphatic rings. The lowest BCUT2D eigenvalue weighted by molar-refractivity contribution is 1.02. The Hall–Kier alpha value is -0.633. The van der Waals surface area contributed by atoms with Crippen molar-refractivity contribution in [3.05, 3.63) is 24.5 Å². The van der Waals surface area contributed by atoms with Gasteiger partial charge in [-0.25, -0.2) is 0 Å².